The number of nitrogens with one attached hydrogen (secondary N) is 1. The first kappa shape index (κ1) is 10.3. The van der Waals surface area contributed by atoms with Crippen LogP contribution in [0.2, 0.25) is 0 Å². The van der Waals surface area contributed by atoms with Crippen LogP contribution in [0.4, 0.5) is 0 Å². The summed E-state index contributed by atoms with van der Waals surface area (Å²) >= 11 is 0. The maximum absolute atomic E-state index is 9.85. The van der Waals surface area contributed by atoms with Gasteiger partial charge < -0.3 is 16.9 Å². The van der Waals surface area contributed by atoms with Crippen molar-refractivity contribution in [3.8, 4) is 0 Å². The molecule has 14 heavy (non-hydrogen) atoms. The van der Waals surface area contributed by atoms with Gasteiger partial charge in [-0.2, -0.15) is 0 Å². The van der Waals surface area contributed by atoms with E-state index in [9.17, 15) is 5.11 Å². The minimum atomic E-state index is -0.420. The predicted octanol–water partition coefficient (Wildman–Crippen LogP) is -1.21. The van der Waals surface area contributed by atoms with E-state index in [0.29, 0.717) is 12.5 Å². The van der Waals surface area contributed by atoms with Gasteiger partial charge in [-0.15, -0.1) is 5.41 Å². The molecule has 0 heterocycles. The number of nitrogens with two attached hydrogens (primary N) is 2. The lowest BCUT2D eigenvalue weighted by Gasteiger charge is -2.28. The summed E-state index contributed by atoms with van der Waals surface area (Å²) in [6, 6.07) is -0.0809. The van der Waals surface area contributed by atoms with Crippen molar-refractivity contribution in [2.75, 3.05) is 6.61 Å². The van der Waals surface area contributed by atoms with Crippen molar-refractivity contribution in [3.63, 3.8) is 0 Å². The van der Waals surface area contributed by atoms with Crippen LogP contribution in [0.1, 0.15) is 6.92 Å². The molecule has 6 N–H and O–H groups in total. The Morgan fingerprint density at radius 3 is 2.79 bits per heavy atom. The Balaban J connectivity index is 2.14. The van der Waals surface area contributed by atoms with Gasteiger partial charge in [-0.1, -0.05) is 6.92 Å². The second-order valence-electron chi connectivity index (χ2n) is 4.55. The molecule has 0 aromatic heterocycles. The van der Waals surface area contributed by atoms with E-state index in [1.54, 1.807) is 0 Å². The van der Waals surface area contributed by atoms with Crippen molar-refractivity contribution < 1.29 is 9.94 Å². The smallest absolute Gasteiger partial charge is 0.0714 e. The second-order valence-corrected chi connectivity index (χ2v) is 4.55. The third-order valence-corrected chi connectivity index (χ3v) is 4.22. The first-order valence-electron chi connectivity index (χ1n) is 4.90. The van der Waals surface area contributed by atoms with E-state index in [4.69, 9.17) is 11.7 Å². The number of rotatable bonds is 3. The fraction of sp³-hybridized carbons (Fsp3) is 0.889. The van der Waals surface area contributed by atoms with Gasteiger partial charge >= 0.3 is 0 Å². The zero-order chi connectivity index (χ0) is 10.5. The van der Waals surface area contributed by atoms with Crippen molar-refractivity contribution in [2.24, 2.45) is 34.9 Å². The molecule has 5 nitrogen and oxygen atoms in total. The molecule has 0 aromatic carbocycles. The summed E-state index contributed by atoms with van der Waals surface area (Å²) in [4.78, 5) is 4.65. The zero-order valence-corrected chi connectivity index (χ0v) is 8.31. The molecule has 0 spiro atoms. The molecule has 0 saturated heterocycles. The van der Waals surface area contributed by atoms with E-state index in [1.807, 2.05) is 6.92 Å². The molecule has 0 aromatic rings. The third-order valence-electron chi connectivity index (χ3n) is 4.22. The molecule has 2 saturated carbocycles. The summed E-state index contributed by atoms with van der Waals surface area (Å²) in [6.07, 6.45) is -0.420. The second kappa shape index (κ2) is 3.15. The summed E-state index contributed by atoms with van der Waals surface area (Å²) in [6.45, 7) is 6.67. The maximum Gasteiger partial charge on any atom is 0.0714 e. The van der Waals surface area contributed by atoms with E-state index < -0.39 is 6.10 Å². The number of fused-ring (bicyclic) bond motifs is 1. The maximum atomic E-state index is 9.85. The molecule has 4 unspecified atom stereocenters. The largest absolute Gasteiger partial charge is 0.391 e. The number of aliphatic hydroxyl groups is 1. The van der Waals surface area contributed by atoms with Crippen molar-refractivity contribution in [1.29, 1.82) is 0 Å². The van der Waals surface area contributed by atoms with Crippen molar-refractivity contribution in [1.82, 2.24) is 5.43 Å². The molecule has 0 aliphatic heterocycles. The van der Waals surface area contributed by atoms with Gasteiger partial charge in [0.1, 0.15) is 0 Å². The van der Waals surface area contributed by atoms with Crippen LogP contribution < -0.4 is 17.2 Å². The van der Waals surface area contributed by atoms with Crippen LogP contribution in [0, 0.1) is 30.1 Å². The topological polar surface area (TPSA) is 93.5 Å². The highest BCUT2D eigenvalue weighted by Crippen LogP contribution is 2.69. The average Bonchev–Trinajstić information content (AvgIpc) is 2.68. The van der Waals surface area contributed by atoms with Gasteiger partial charge in [0.2, 0.25) is 0 Å². The van der Waals surface area contributed by atoms with Gasteiger partial charge in [0.15, 0.2) is 0 Å². The molecule has 82 valence electrons. The van der Waals surface area contributed by atoms with E-state index in [0.717, 1.165) is 0 Å². The van der Waals surface area contributed by atoms with Crippen LogP contribution >= 0.6 is 0 Å². The minimum absolute atomic E-state index is 0.0809. The van der Waals surface area contributed by atoms with Crippen LogP contribution in [-0.2, 0) is 4.84 Å². The molecule has 0 bridgehead atoms. The van der Waals surface area contributed by atoms with Crippen LogP contribution in [-0.4, -0.2) is 23.9 Å². The Hall–Kier alpha value is -0.200. The molecule has 6 atom stereocenters. The van der Waals surface area contributed by atoms with Crippen molar-refractivity contribution >= 4 is 0 Å². The Kier molecular flexibility index (Phi) is 2.32. The predicted molar refractivity (Wildman–Crippen MR) is 51.2 cm³/mol. The normalized spacial score (nSPS) is 55.9. The molecule has 2 aliphatic carbocycles. The fourth-order valence-corrected chi connectivity index (χ4v) is 3.21. The summed E-state index contributed by atoms with van der Waals surface area (Å²) in [5.74, 6) is 11.2. The molecule has 2 aliphatic rings. The highest BCUT2D eigenvalue weighted by molar-refractivity contribution is 5.25. The standard InChI is InChI=1S/C9H18N3O2/c1-4-8(13)7(12-10)6-5(3-14-11)9(4,6)2/h4-8,12-13H,2-3,10-11H2,1H3/q-1/t4?,5-,6?,7?,8-,9?/m1/s1. The highest BCUT2D eigenvalue weighted by atomic mass is 16.6. The van der Waals surface area contributed by atoms with Crippen LogP contribution in [0.15, 0.2) is 0 Å². The van der Waals surface area contributed by atoms with E-state index >= 15 is 0 Å². The number of aliphatic hydroxyl groups excluding tert-OH is 1. The molecular weight excluding hydrogens is 182 g/mol. The number of hydrazine groups is 1. The lowest BCUT2D eigenvalue weighted by Crippen LogP contribution is -2.46. The van der Waals surface area contributed by atoms with Gasteiger partial charge in [0.05, 0.1) is 12.7 Å². The van der Waals surface area contributed by atoms with Gasteiger partial charge in [-0.05, 0) is 17.8 Å². The lowest BCUT2D eigenvalue weighted by atomic mass is 9.88. The van der Waals surface area contributed by atoms with E-state index in [1.165, 1.54) is 0 Å². The van der Waals surface area contributed by atoms with Crippen LogP contribution in [0.3, 0.4) is 0 Å². The quantitative estimate of drug-likeness (QED) is 0.260. The van der Waals surface area contributed by atoms with Crippen molar-refractivity contribution in [2.45, 2.75) is 19.1 Å². The van der Waals surface area contributed by atoms with Crippen molar-refractivity contribution in [3.05, 3.63) is 6.92 Å². The van der Waals surface area contributed by atoms with Gasteiger partial charge in [-0.25, -0.2) is 5.90 Å². The van der Waals surface area contributed by atoms with Gasteiger partial charge in [0, 0.05) is 6.04 Å². The summed E-state index contributed by atoms with van der Waals surface area (Å²) in [5.41, 5.74) is 2.55. The first-order valence-corrected chi connectivity index (χ1v) is 4.90. The Morgan fingerprint density at radius 2 is 2.29 bits per heavy atom. The summed E-state index contributed by atoms with van der Waals surface area (Å²) in [7, 11) is 0. The average molecular weight is 200 g/mol. The molecule has 0 radical (unpaired) electrons. The molecule has 0 amide bonds. The summed E-state index contributed by atoms with van der Waals surface area (Å²) < 4.78 is 0. The van der Waals surface area contributed by atoms with Crippen LogP contribution in [0.25, 0.3) is 0 Å². The Morgan fingerprint density at radius 1 is 1.64 bits per heavy atom. The third kappa shape index (κ3) is 1.02. The molecular formula is C9H18N3O2-. The lowest BCUT2D eigenvalue weighted by molar-refractivity contribution is 0.0514. The van der Waals surface area contributed by atoms with E-state index in [-0.39, 0.29) is 23.3 Å². The molecule has 5 heteroatoms. The Labute approximate surface area is 83.7 Å². The molecule has 2 fully saturated rings. The van der Waals surface area contributed by atoms with E-state index in [2.05, 4.69) is 17.2 Å². The number of hydrogen-bond acceptors (Lipinski definition) is 5. The molecule has 2 rings (SSSR count). The zero-order valence-electron chi connectivity index (χ0n) is 8.31. The SMILES string of the molecule is [CH2-]C12C(C)[C@@H](O)C(NN)C1[C@H]2CON. The summed E-state index contributed by atoms with van der Waals surface area (Å²) in [5, 5.41) is 9.85. The first-order chi connectivity index (χ1) is 6.58. The van der Waals surface area contributed by atoms with Gasteiger partial charge in [-0.3, -0.25) is 11.3 Å². The number of hydrogen-bond donors (Lipinski definition) is 4. The monoisotopic (exact) mass is 200 g/mol. The fourth-order valence-electron chi connectivity index (χ4n) is 3.21. The van der Waals surface area contributed by atoms with Crippen LogP contribution in [0.5, 0.6) is 0 Å². The Bertz CT molecular complexity index is 238. The highest BCUT2D eigenvalue weighted by Gasteiger charge is 2.68. The minimum Gasteiger partial charge on any atom is -0.391 e. The van der Waals surface area contributed by atoms with Gasteiger partial charge in [0.25, 0.3) is 0 Å².